The summed E-state index contributed by atoms with van der Waals surface area (Å²) < 4.78 is 5.27. The highest BCUT2D eigenvalue weighted by Gasteiger charge is 1.96. The molecule has 0 aliphatic heterocycles. The molecule has 68 valence electrons. The number of hydrogen-bond acceptors (Lipinski definition) is 2. The molecular weight excluding hydrogens is 154 g/mol. The smallest absolute Gasteiger partial charge is 0.146 e. The van der Waals surface area contributed by atoms with E-state index in [1.807, 2.05) is 0 Å². The molecule has 0 fully saturated rings. The zero-order valence-corrected chi connectivity index (χ0v) is 9.81. The van der Waals surface area contributed by atoms with Gasteiger partial charge in [-0.05, 0) is 26.3 Å². The Bertz CT molecular complexity index is 80.5. The highest BCUT2D eigenvalue weighted by molar-refractivity contribution is 5.98. The lowest BCUT2D eigenvalue weighted by molar-refractivity contribution is 0.226. The van der Waals surface area contributed by atoms with Crippen LogP contribution in [0.25, 0.3) is 0 Å². The molecule has 0 saturated heterocycles. The van der Waals surface area contributed by atoms with Gasteiger partial charge in [0.1, 0.15) is 10.5 Å². The topological polar surface area (TPSA) is 35.2 Å². The van der Waals surface area contributed by atoms with Gasteiger partial charge in [0.2, 0.25) is 0 Å². The van der Waals surface area contributed by atoms with Crippen molar-refractivity contribution in [1.29, 1.82) is 0 Å². The first-order valence-electron chi connectivity index (χ1n) is 4.54. The van der Waals surface area contributed by atoms with E-state index in [4.69, 9.17) is 10.2 Å². The van der Waals surface area contributed by atoms with Crippen LogP contribution < -0.4 is 5.73 Å². The summed E-state index contributed by atoms with van der Waals surface area (Å²) in [4.78, 5) is 0. The summed E-state index contributed by atoms with van der Waals surface area (Å²) in [6.45, 7) is 2.99. The molecule has 0 aliphatic carbocycles. The van der Waals surface area contributed by atoms with Crippen LogP contribution in [0.15, 0.2) is 0 Å². The minimum atomic E-state index is 0.486. The fraction of sp³-hybridized carbons (Fsp3) is 1.00. The van der Waals surface area contributed by atoms with Crippen molar-refractivity contribution in [2.45, 2.75) is 45.1 Å². The van der Waals surface area contributed by atoms with Gasteiger partial charge in [-0.2, -0.15) is 0 Å². The highest BCUT2D eigenvalue weighted by Crippen LogP contribution is 2.06. The van der Waals surface area contributed by atoms with Crippen molar-refractivity contribution in [2.75, 3.05) is 6.54 Å². The van der Waals surface area contributed by atoms with Crippen LogP contribution in [-0.4, -0.2) is 23.1 Å². The maximum atomic E-state index is 5.38. The first-order valence-corrected chi connectivity index (χ1v) is 5.35. The molecule has 1 unspecified atom stereocenters. The first-order chi connectivity index (χ1) is 5.31. The molecule has 1 atom stereocenters. The van der Waals surface area contributed by atoms with Crippen LogP contribution in [0.5, 0.6) is 0 Å². The van der Waals surface area contributed by atoms with E-state index >= 15 is 0 Å². The van der Waals surface area contributed by atoms with E-state index in [9.17, 15) is 0 Å². The standard InChI is InChI=1S/C8H21NOSi/c1-8(10-11)6-4-2-3-5-7-9/h8H,2-7,9H2,1,11H3. The van der Waals surface area contributed by atoms with Crippen molar-refractivity contribution >= 4 is 10.5 Å². The van der Waals surface area contributed by atoms with E-state index in [1.165, 1.54) is 32.1 Å². The molecule has 0 aromatic carbocycles. The van der Waals surface area contributed by atoms with Gasteiger partial charge in [-0.25, -0.2) is 0 Å². The molecule has 0 heterocycles. The Morgan fingerprint density at radius 2 is 1.91 bits per heavy atom. The van der Waals surface area contributed by atoms with Crippen LogP contribution in [0.1, 0.15) is 39.0 Å². The SMILES string of the molecule is CC(CCCCCCN)O[SiH3]. The van der Waals surface area contributed by atoms with Crippen molar-refractivity contribution in [2.24, 2.45) is 5.73 Å². The Morgan fingerprint density at radius 1 is 1.27 bits per heavy atom. The van der Waals surface area contributed by atoms with Gasteiger partial charge in [-0.1, -0.05) is 19.3 Å². The third-order valence-electron chi connectivity index (χ3n) is 1.97. The molecule has 0 spiro atoms. The van der Waals surface area contributed by atoms with E-state index in [0.29, 0.717) is 6.10 Å². The lowest BCUT2D eigenvalue weighted by atomic mass is 10.1. The minimum absolute atomic E-state index is 0.486. The second kappa shape index (κ2) is 8.24. The molecule has 0 radical (unpaired) electrons. The lowest BCUT2D eigenvalue weighted by Crippen LogP contribution is -2.05. The van der Waals surface area contributed by atoms with Crippen LogP contribution >= 0.6 is 0 Å². The molecule has 2 nitrogen and oxygen atoms in total. The van der Waals surface area contributed by atoms with Gasteiger partial charge in [-0.15, -0.1) is 0 Å². The summed E-state index contributed by atoms with van der Waals surface area (Å²) in [5.74, 6) is 0. The lowest BCUT2D eigenvalue weighted by Gasteiger charge is -2.08. The Kier molecular flexibility index (Phi) is 8.34. The Balaban J connectivity index is 2.89. The second-order valence-electron chi connectivity index (χ2n) is 3.04. The maximum absolute atomic E-state index is 5.38. The van der Waals surface area contributed by atoms with E-state index in [1.54, 1.807) is 0 Å². The molecule has 0 saturated carbocycles. The van der Waals surface area contributed by atoms with Crippen molar-refractivity contribution in [3.05, 3.63) is 0 Å². The van der Waals surface area contributed by atoms with E-state index < -0.39 is 0 Å². The maximum Gasteiger partial charge on any atom is 0.146 e. The van der Waals surface area contributed by atoms with E-state index in [2.05, 4.69) is 6.92 Å². The van der Waals surface area contributed by atoms with Crippen molar-refractivity contribution in [3.8, 4) is 0 Å². The third kappa shape index (κ3) is 8.04. The van der Waals surface area contributed by atoms with Crippen LogP contribution in [0, 0.1) is 0 Å². The second-order valence-corrected chi connectivity index (χ2v) is 3.51. The normalized spacial score (nSPS) is 13.6. The van der Waals surface area contributed by atoms with E-state index in [0.717, 1.165) is 17.0 Å². The van der Waals surface area contributed by atoms with E-state index in [-0.39, 0.29) is 0 Å². The van der Waals surface area contributed by atoms with Crippen molar-refractivity contribution in [1.82, 2.24) is 0 Å². The van der Waals surface area contributed by atoms with Gasteiger partial charge in [-0.3, -0.25) is 0 Å². The highest BCUT2D eigenvalue weighted by atomic mass is 28.2. The van der Waals surface area contributed by atoms with Crippen LogP contribution in [-0.2, 0) is 4.43 Å². The minimum Gasteiger partial charge on any atom is -0.425 e. The van der Waals surface area contributed by atoms with Gasteiger partial charge in [0.15, 0.2) is 0 Å². The van der Waals surface area contributed by atoms with Crippen LogP contribution in [0.4, 0.5) is 0 Å². The summed E-state index contributed by atoms with van der Waals surface area (Å²) in [6.07, 6.45) is 6.77. The zero-order valence-electron chi connectivity index (χ0n) is 7.81. The molecule has 0 rings (SSSR count). The Hall–Kier alpha value is 0.137. The fourth-order valence-electron chi connectivity index (χ4n) is 1.05. The molecule has 2 N–H and O–H groups in total. The molecule has 3 heteroatoms. The van der Waals surface area contributed by atoms with Crippen molar-refractivity contribution in [3.63, 3.8) is 0 Å². The Morgan fingerprint density at radius 3 is 2.45 bits per heavy atom. The molecule has 11 heavy (non-hydrogen) atoms. The molecule has 0 aromatic rings. The Labute approximate surface area is 73.0 Å². The molecular formula is C8H21NOSi. The van der Waals surface area contributed by atoms with Gasteiger partial charge < -0.3 is 10.2 Å². The predicted octanol–water partition coefficient (Wildman–Crippen LogP) is 0.581. The summed E-state index contributed by atoms with van der Waals surface area (Å²) in [5.41, 5.74) is 5.38. The third-order valence-corrected chi connectivity index (χ3v) is 2.77. The van der Waals surface area contributed by atoms with Crippen LogP contribution in [0.2, 0.25) is 0 Å². The van der Waals surface area contributed by atoms with Crippen LogP contribution in [0.3, 0.4) is 0 Å². The van der Waals surface area contributed by atoms with Gasteiger partial charge in [0.25, 0.3) is 0 Å². The summed E-state index contributed by atoms with van der Waals surface area (Å²) >= 11 is 0. The molecule has 0 aliphatic rings. The monoisotopic (exact) mass is 175 g/mol. The molecule has 0 amide bonds. The first kappa shape index (κ1) is 11.1. The van der Waals surface area contributed by atoms with Crippen molar-refractivity contribution < 1.29 is 4.43 Å². The van der Waals surface area contributed by atoms with Gasteiger partial charge in [0, 0.05) is 6.10 Å². The fourth-order valence-corrected chi connectivity index (χ4v) is 1.28. The quantitative estimate of drug-likeness (QED) is 0.454. The number of nitrogens with two attached hydrogens (primary N) is 1. The zero-order chi connectivity index (χ0) is 8.53. The van der Waals surface area contributed by atoms with Gasteiger partial charge in [0.05, 0.1) is 0 Å². The summed E-state index contributed by atoms with van der Waals surface area (Å²) in [5, 5.41) is 0. The summed E-state index contributed by atoms with van der Waals surface area (Å²) in [7, 11) is 0.873. The van der Waals surface area contributed by atoms with Gasteiger partial charge >= 0.3 is 0 Å². The molecule has 0 bridgehead atoms. The largest absolute Gasteiger partial charge is 0.425 e. The summed E-state index contributed by atoms with van der Waals surface area (Å²) in [6, 6.07) is 0. The molecule has 0 aromatic heterocycles. The number of rotatable bonds is 7. The number of hydrogen-bond donors (Lipinski definition) is 1. The number of unbranched alkanes of at least 4 members (excludes halogenated alkanes) is 3. The average molecular weight is 175 g/mol. The average Bonchev–Trinajstić information content (AvgIpc) is 2.04. The predicted molar refractivity (Wildman–Crippen MR) is 52.6 cm³/mol.